The van der Waals surface area contributed by atoms with Gasteiger partial charge in [0.15, 0.2) is 34.9 Å². The molecule has 0 bridgehead atoms. The van der Waals surface area contributed by atoms with Crippen molar-refractivity contribution in [2.45, 2.75) is 0 Å². The molecule has 0 atom stereocenters. The van der Waals surface area contributed by atoms with E-state index < -0.39 is 0 Å². The quantitative estimate of drug-likeness (QED) is 0.136. The smallest absolute Gasteiger partial charge is 0.166 e. The zero-order valence-corrected chi connectivity index (χ0v) is 43.1. The van der Waals surface area contributed by atoms with Crippen molar-refractivity contribution in [1.29, 1.82) is 0 Å². The lowest BCUT2D eigenvalue weighted by Gasteiger charge is -2.17. The number of benzene rings is 11. The van der Waals surface area contributed by atoms with Gasteiger partial charge in [-0.05, 0) is 70.8 Å². The van der Waals surface area contributed by atoms with E-state index in [1.54, 1.807) is 0 Å². The first kappa shape index (κ1) is 46.4. The lowest BCUT2D eigenvalue weighted by molar-refractivity contribution is 1.06. The van der Waals surface area contributed by atoms with E-state index in [1.807, 2.05) is 72.8 Å². The average Bonchev–Trinajstić information content (AvgIpc) is 4.28. The van der Waals surface area contributed by atoms with Crippen molar-refractivity contribution >= 4 is 43.6 Å². The van der Waals surface area contributed by atoms with Gasteiger partial charge in [-0.1, -0.05) is 231 Å². The monoisotopic (exact) mass is 1020 g/mol. The fourth-order valence-electron chi connectivity index (χ4n) is 11.4. The fourth-order valence-corrected chi connectivity index (χ4v) is 11.4. The van der Waals surface area contributed by atoms with Crippen LogP contribution in [-0.2, 0) is 0 Å². The normalized spacial score (nSPS) is 11.5. The summed E-state index contributed by atoms with van der Waals surface area (Å²) >= 11 is 0. The highest BCUT2D eigenvalue weighted by atomic mass is 15.1. The molecule has 11 aromatic carbocycles. The lowest BCUT2D eigenvalue weighted by Crippen LogP contribution is -2.05. The molecule has 0 radical (unpaired) electrons. The van der Waals surface area contributed by atoms with Crippen LogP contribution in [0, 0.1) is 0 Å². The largest absolute Gasteiger partial charge is 0.309 e. The Morgan fingerprint density at radius 3 is 1.18 bits per heavy atom. The van der Waals surface area contributed by atoms with Crippen LogP contribution in [0.25, 0.3) is 146 Å². The third-order valence-electron chi connectivity index (χ3n) is 15.1. The molecule has 0 saturated carbocycles. The van der Waals surface area contributed by atoms with Crippen molar-refractivity contribution in [2.75, 3.05) is 0 Å². The molecule has 0 amide bonds. The summed E-state index contributed by atoms with van der Waals surface area (Å²) in [6, 6.07) is 96.9. The first-order valence-corrected chi connectivity index (χ1v) is 26.8. The SMILES string of the molecule is c1ccc(-c2nc(-c3ccc(-n4c5ccccc5c5ccc6c(c7ccccc7n6-c6ccccc6)c54)c(-c4nc(-c5ccccc5)nc(-c5ccccc5-c5ccccc5)n4)c3)nc(-c3ccccc3-c3ccccc3)n2)cc1. The molecule has 0 N–H and O–H groups in total. The Morgan fingerprint density at radius 1 is 0.225 bits per heavy atom. The summed E-state index contributed by atoms with van der Waals surface area (Å²) in [5.41, 5.74) is 15.5. The van der Waals surface area contributed by atoms with Crippen molar-refractivity contribution < 1.29 is 0 Å². The van der Waals surface area contributed by atoms with E-state index in [0.717, 1.165) is 111 Å². The Hall–Kier alpha value is -11.0. The van der Waals surface area contributed by atoms with Gasteiger partial charge in [-0.2, -0.15) is 0 Å². The van der Waals surface area contributed by atoms with Gasteiger partial charge in [0.2, 0.25) is 0 Å². The minimum atomic E-state index is 0.491. The third-order valence-corrected chi connectivity index (χ3v) is 15.1. The molecule has 0 saturated heterocycles. The number of para-hydroxylation sites is 3. The molecule has 4 aromatic heterocycles. The van der Waals surface area contributed by atoms with E-state index in [4.69, 9.17) is 29.9 Å². The predicted molar refractivity (Wildman–Crippen MR) is 325 cm³/mol. The van der Waals surface area contributed by atoms with Gasteiger partial charge in [0.1, 0.15) is 0 Å². The number of hydrogen-bond donors (Lipinski definition) is 0. The summed E-state index contributed by atoms with van der Waals surface area (Å²) in [5, 5.41) is 4.54. The molecular formula is C72H46N8. The summed E-state index contributed by atoms with van der Waals surface area (Å²) in [7, 11) is 0. The van der Waals surface area contributed by atoms with Crippen LogP contribution in [0.1, 0.15) is 0 Å². The maximum absolute atomic E-state index is 5.59. The van der Waals surface area contributed by atoms with Gasteiger partial charge in [0.05, 0.1) is 27.8 Å². The molecule has 15 aromatic rings. The van der Waals surface area contributed by atoms with Crippen LogP contribution in [0.3, 0.4) is 0 Å². The summed E-state index contributed by atoms with van der Waals surface area (Å²) in [6.45, 7) is 0. The number of nitrogens with zero attached hydrogens (tertiary/aromatic N) is 8. The van der Waals surface area contributed by atoms with Gasteiger partial charge in [0.25, 0.3) is 0 Å². The van der Waals surface area contributed by atoms with Gasteiger partial charge >= 0.3 is 0 Å². The lowest BCUT2D eigenvalue weighted by atomic mass is 9.99. The number of hydrogen-bond acceptors (Lipinski definition) is 6. The van der Waals surface area contributed by atoms with Crippen LogP contribution in [0.15, 0.2) is 279 Å². The molecular weight excluding hydrogens is 977 g/mol. The van der Waals surface area contributed by atoms with Gasteiger partial charge < -0.3 is 9.13 Å². The van der Waals surface area contributed by atoms with Crippen LogP contribution in [0.2, 0.25) is 0 Å². The molecule has 374 valence electrons. The maximum atomic E-state index is 5.59. The Bertz CT molecular complexity index is 4810. The van der Waals surface area contributed by atoms with E-state index in [0.29, 0.717) is 34.9 Å². The van der Waals surface area contributed by atoms with Crippen LogP contribution in [-0.4, -0.2) is 39.0 Å². The van der Waals surface area contributed by atoms with Crippen molar-refractivity contribution in [3.63, 3.8) is 0 Å². The van der Waals surface area contributed by atoms with Gasteiger partial charge in [-0.25, -0.2) is 29.9 Å². The minimum Gasteiger partial charge on any atom is -0.309 e. The molecule has 0 unspecified atom stereocenters. The van der Waals surface area contributed by atoms with Gasteiger partial charge in [-0.15, -0.1) is 0 Å². The van der Waals surface area contributed by atoms with Crippen LogP contribution < -0.4 is 0 Å². The molecule has 0 aliphatic heterocycles. The molecule has 80 heavy (non-hydrogen) atoms. The van der Waals surface area contributed by atoms with Crippen molar-refractivity contribution in [3.8, 4) is 102 Å². The molecule has 0 aliphatic rings. The minimum absolute atomic E-state index is 0.491. The molecule has 8 heteroatoms. The highest BCUT2D eigenvalue weighted by Gasteiger charge is 2.26. The highest BCUT2D eigenvalue weighted by molar-refractivity contribution is 6.26. The van der Waals surface area contributed by atoms with Gasteiger partial charge in [0, 0.05) is 60.6 Å². The maximum Gasteiger partial charge on any atom is 0.166 e. The number of rotatable bonds is 10. The topological polar surface area (TPSA) is 87.2 Å². The van der Waals surface area contributed by atoms with E-state index >= 15 is 0 Å². The van der Waals surface area contributed by atoms with Crippen LogP contribution in [0.5, 0.6) is 0 Å². The molecule has 15 rings (SSSR count). The first-order chi connectivity index (χ1) is 39.7. The molecule has 0 aliphatic carbocycles. The average molecular weight is 1020 g/mol. The predicted octanol–water partition coefficient (Wildman–Crippen LogP) is 17.6. The molecule has 0 fully saturated rings. The third kappa shape index (κ3) is 8.01. The Morgan fingerprint density at radius 2 is 0.625 bits per heavy atom. The number of fused-ring (bicyclic) bond motifs is 7. The second kappa shape index (κ2) is 19.6. The Labute approximate surface area is 461 Å². The molecule has 4 heterocycles. The van der Waals surface area contributed by atoms with E-state index in [1.165, 1.54) is 0 Å². The van der Waals surface area contributed by atoms with Crippen LogP contribution in [0.4, 0.5) is 0 Å². The zero-order chi connectivity index (χ0) is 52.9. The molecule has 0 spiro atoms. The summed E-state index contributed by atoms with van der Waals surface area (Å²) in [4.78, 5) is 32.4. The van der Waals surface area contributed by atoms with Crippen molar-refractivity contribution in [3.05, 3.63) is 279 Å². The Balaban J connectivity index is 1.05. The van der Waals surface area contributed by atoms with E-state index in [2.05, 4.69) is 215 Å². The van der Waals surface area contributed by atoms with Crippen molar-refractivity contribution in [1.82, 2.24) is 39.0 Å². The second-order valence-corrected chi connectivity index (χ2v) is 19.8. The summed E-state index contributed by atoms with van der Waals surface area (Å²) in [5.74, 6) is 3.21. The zero-order valence-electron chi connectivity index (χ0n) is 43.1. The highest BCUT2D eigenvalue weighted by Crippen LogP contribution is 2.45. The fraction of sp³-hybridized carbons (Fsp3) is 0. The van der Waals surface area contributed by atoms with Crippen LogP contribution >= 0.6 is 0 Å². The second-order valence-electron chi connectivity index (χ2n) is 19.8. The van der Waals surface area contributed by atoms with Gasteiger partial charge in [-0.3, -0.25) is 0 Å². The van der Waals surface area contributed by atoms with E-state index in [9.17, 15) is 0 Å². The summed E-state index contributed by atoms with van der Waals surface area (Å²) in [6.07, 6.45) is 0. The standard InChI is InChI=1S/C72H46N8/c1-6-24-47(25-7-1)53-34-16-18-37-57(53)70-74-67(49-28-10-3-11-29-49)73-69(77-70)51-42-44-63(60(46-51)72-76-68(50-30-12-4-13-31-50)75-71(78-72)58-38-19-17-35-54(58)48-26-8-2-9-27-48)80-61-40-22-20-36-55(61)56-43-45-64-65(66(56)80)59-39-21-23-41-62(59)79(64)52-32-14-5-15-33-52/h1-46H. The number of aromatic nitrogens is 8. The van der Waals surface area contributed by atoms with E-state index in [-0.39, 0.29) is 0 Å². The van der Waals surface area contributed by atoms with Crippen molar-refractivity contribution in [2.24, 2.45) is 0 Å². The Kier molecular flexibility index (Phi) is 11.3. The summed E-state index contributed by atoms with van der Waals surface area (Å²) < 4.78 is 4.80. The first-order valence-electron chi connectivity index (χ1n) is 26.8. The molecule has 8 nitrogen and oxygen atoms in total.